The summed E-state index contributed by atoms with van der Waals surface area (Å²) in [6.45, 7) is -0.175. The molecule has 0 heterocycles. The zero-order valence-electron chi connectivity index (χ0n) is 10.5. The lowest BCUT2D eigenvalue weighted by molar-refractivity contribution is 0.0912. The third-order valence-electron chi connectivity index (χ3n) is 2.66. The molecule has 0 atom stereocenters. The molecule has 0 aliphatic carbocycles. The van der Waals surface area contributed by atoms with Crippen LogP contribution < -0.4 is 10.5 Å². The first kappa shape index (κ1) is 14.1. The molecule has 0 aromatic heterocycles. The molecule has 4 nitrogen and oxygen atoms in total. The van der Waals surface area contributed by atoms with Gasteiger partial charge < -0.3 is 10.5 Å². The number of hydrogen-bond donors (Lipinski definition) is 1. The number of carbonyl (C=O) groups is 2. The fraction of sp³-hybridized carbons (Fsp3) is 0.0667. The van der Waals surface area contributed by atoms with Gasteiger partial charge in [-0.05, 0) is 18.2 Å². The molecule has 0 unspecified atom stereocenters. The zero-order chi connectivity index (χ0) is 14.5. The van der Waals surface area contributed by atoms with Crippen molar-refractivity contribution in [3.8, 4) is 5.75 Å². The van der Waals surface area contributed by atoms with Crippen molar-refractivity contribution in [3.05, 3.63) is 64.7 Å². The highest BCUT2D eigenvalue weighted by molar-refractivity contribution is 6.31. The Kier molecular flexibility index (Phi) is 4.38. The van der Waals surface area contributed by atoms with Crippen molar-refractivity contribution in [3.63, 3.8) is 0 Å². The number of amides is 1. The van der Waals surface area contributed by atoms with Crippen LogP contribution in [-0.4, -0.2) is 18.3 Å². The van der Waals surface area contributed by atoms with Gasteiger partial charge in [0, 0.05) is 10.6 Å². The van der Waals surface area contributed by atoms with Crippen LogP contribution in [0.2, 0.25) is 5.02 Å². The van der Waals surface area contributed by atoms with Gasteiger partial charge in [-0.3, -0.25) is 9.59 Å². The number of hydrogen-bond acceptors (Lipinski definition) is 3. The molecule has 0 radical (unpaired) electrons. The first-order valence-electron chi connectivity index (χ1n) is 5.88. The highest BCUT2D eigenvalue weighted by Gasteiger charge is 2.12. The highest BCUT2D eigenvalue weighted by Crippen LogP contribution is 2.22. The van der Waals surface area contributed by atoms with E-state index in [0.29, 0.717) is 10.6 Å². The van der Waals surface area contributed by atoms with Crippen LogP contribution >= 0.6 is 11.6 Å². The molecular formula is C15H12ClNO3. The van der Waals surface area contributed by atoms with E-state index in [1.54, 1.807) is 30.3 Å². The van der Waals surface area contributed by atoms with Crippen molar-refractivity contribution in [1.82, 2.24) is 0 Å². The minimum absolute atomic E-state index is 0.151. The van der Waals surface area contributed by atoms with Crippen LogP contribution in [0, 0.1) is 0 Å². The van der Waals surface area contributed by atoms with E-state index >= 15 is 0 Å². The number of halogens is 1. The summed E-state index contributed by atoms with van der Waals surface area (Å²) >= 11 is 5.79. The standard InChI is InChI=1S/C15H12ClNO3/c16-11-6-7-14(12(8-11)15(17)19)20-9-13(18)10-4-2-1-3-5-10/h1-8H,9H2,(H2,17,19). The Bertz CT molecular complexity index is 641. The van der Waals surface area contributed by atoms with E-state index in [0.717, 1.165) is 0 Å². The summed E-state index contributed by atoms with van der Waals surface area (Å²) < 4.78 is 5.36. The summed E-state index contributed by atoms with van der Waals surface area (Å²) in [5.41, 5.74) is 5.93. The lowest BCUT2D eigenvalue weighted by Crippen LogP contribution is -2.16. The van der Waals surface area contributed by atoms with Crippen molar-refractivity contribution in [2.24, 2.45) is 5.73 Å². The van der Waals surface area contributed by atoms with E-state index in [9.17, 15) is 9.59 Å². The monoisotopic (exact) mass is 289 g/mol. The van der Waals surface area contributed by atoms with Crippen molar-refractivity contribution >= 4 is 23.3 Å². The lowest BCUT2D eigenvalue weighted by atomic mass is 10.1. The van der Waals surface area contributed by atoms with E-state index in [-0.39, 0.29) is 23.7 Å². The smallest absolute Gasteiger partial charge is 0.252 e. The van der Waals surface area contributed by atoms with E-state index in [4.69, 9.17) is 22.1 Å². The van der Waals surface area contributed by atoms with Gasteiger partial charge in [-0.2, -0.15) is 0 Å². The number of primary amides is 1. The summed E-state index contributed by atoms with van der Waals surface area (Å²) in [7, 11) is 0. The second kappa shape index (κ2) is 6.21. The largest absolute Gasteiger partial charge is 0.485 e. The number of benzene rings is 2. The molecule has 0 aliphatic rings. The van der Waals surface area contributed by atoms with Crippen LogP contribution in [0.5, 0.6) is 5.75 Å². The van der Waals surface area contributed by atoms with Gasteiger partial charge in [0.1, 0.15) is 5.75 Å². The minimum atomic E-state index is -0.658. The molecule has 0 spiro atoms. The van der Waals surface area contributed by atoms with Gasteiger partial charge in [-0.15, -0.1) is 0 Å². The summed E-state index contributed by atoms with van der Waals surface area (Å²) in [4.78, 5) is 23.2. The number of rotatable bonds is 5. The van der Waals surface area contributed by atoms with Crippen molar-refractivity contribution in [2.75, 3.05) is 6.61 Å². The molecule has 1 amide bonds. The van der Waals surface area contributed by atoms with E-state index in [1.165, 1.54) is 12.1 Å². The van der Waals surface area contributed by atoms with Gasteiger partial charge in [0.25, 0.3) is 5.91 Å². The Morgan fingerprint density at radius 1 is 1.10 bits per heavy atom. The average Bonchev–Trinajstić information content (AvgIpc) is 2.46. The van der Waals surface area contributed by atoms with Gasteiger partial charge in [0.15, 0.2) is 12.4 Å². The Hall–Kier alpha value is -2.33. The molecular weight excluding hydrogens is 278 g/mol. The predicted octanol–water partition coefficient (Wildman–Crippen LogP) is 2.70. The SMILES string of the molecule is NC(=O)c1cc(Cl)ccc1OCC(=O)c1ccccc1. The normalized spacial score (nSPS) is 10.1. The van der Waals surface area contributed by atoms with Crippen LogP contribution in [0.1, 0.15) is 20.7 Å². The van der Waals surface area contributed by atoms with Gasteiger partial charge in [-0.1, -0.05) is 41.9 Å². The van der Waals surface area contributed by atoms with E-state index < -0.39 is 5.91 Å². The van der Waals surface area contributed by atoms with E-state index in [1.807, 2.05) is 6.07 Å². The number of carbonyl (C=O) groups excluding carboxylic acids is 2. The first-order chi connectivity index (χ1) is 9.58. The first-order valence-corrected chi connectivity index (χ1v) is 6.26. The van der Waals surface area contributed by atoms with Crippen LogP contribution in [0.3, 0.4) is 0 Å². The molecule has 0 bridgehead atoms. The Morgan fingerprint density at radius 3 is 2.45 bits per heavy atom. The summed E-state index contributed by atoms with van der Waals surface area (Å²) in [5.74, 6) is -0.600. The van der Waals surface area contributed by atoms with Crippen LogP contribution in [0.25, 0.3) is 0 Å². The second-order valence-corrected chi connectivity index (χ2v) is 4.52. The molecule has 5 heteroatoms. The molecule has 0 fully saturated rings. The predicted molar refractivity (Wildman–Crippen MR) is 76.2 cm³/mol. The fourth-order valence-corrected chi connectivity index (χ4v) is 1.84. The maximum atomic E-state index is 11.9. The second-order valence-electron chi connectivity index (χ2n) is 4.08. The summed E-state index contributed by atoms with van der Waals surface area (Å²) in [6, 6.07) is 13.2. The molecule has 2 aromatic carbocycles. The van der Waals surface area contributed by atoms with Crippen molar-refractivity contribution in [1.29, 1.82) is 0 Å². The minimum Gasteiger partial charge on any atom is -0.485 e. The summed E-state index contributed by atoms with van der Waals surface area (Å²) in [5, 5.41) is 0.375. The van der Waals surface area contributed by atoms with Gasteiger partial charge in [-0.25, -0.2) is 0 Å². The Labute approximate surface area is 121 Å². The van der Waals surface area contributed by atoms with Gasteiger partial charge in [0.05, 0.1) is 5.56 Å². The highest BCUT2D eigenvalue weighted by atomic mass is 35.5. The topological polar surface area (TPSA) is 69.4 Å². The van der Waals surface area contributed by atoms with E-state index in [2.05, 4.69) is 0 Å². The van der Waals surface area contributed by atoms with Gasteiger partial charge >= 0.3 is 0 Å². The molecule has 20 heavy (non-hydrogen) atoms. The molecule has 102 valence electrons. The fourth-order valence-electron chi connectivity index (χ4n) is 1.67. The molecule has 0 saturated heterocycles. The number of nitrogens with two attached hydrogens (primary N) is 1. The van der Waals surface area contributed by atoms with Gasteiger partial charge in [0.2, 0.25) is 0 Å². The maximum Gasteiger partial charge on any atom is 0.252 e. The zero-order valence-corrected chi connectivity index (χ0v) is 11.3. The lowest BCUT2D eigenvalue weighted by Gasteiger charge is -2.09. The van der Waals surface area contributed by atoms with Crippen molar-refractivity contribution < 1.29 is 14.3 Å². The number of ether oxygens (including phenoxy) is 1. The Morgan fingerprint density at radius 2 is 1.80 bits per heavy atom. The van der Waals surface area contributed by atoms with Crippen LogP contribution in [0.15, 0.2) is 48.5 Å². The molecule has 2 rings (SSSR count). The molecule has 0 saturated carbocycles. The average molecular weight is 290 g/mol. The maximum absolute atomic E-state index is 11.9. The molecule has 2 aromatic rings. The number of Topliss-reactive ketones (excluding diaryl/α,β-unsaturated/α-hetero) is 1. The third kappa shape index (κ3) is 3.36. The molecule has 2 N–H and O–H groups in total. The van der Waals surface area contributed by atoms with Crippen LogP contribution in [0.4, 0.5) is 0 Å². The third-order valence-corrected chi connectivity index (χ3v) is 2.90. The molecule has 0 aliphatic heterocycles. The van der Waals surface area contributed by atoms with Crippen LogP contribution in [-0.2, 0) is 0 Å². The number of ketones is 1. The van der Waals surface area contributed by atoms with Crippen molar-refractivity contribution in [2.45, 2.75) is 0 Å². The Balaban J connectivity index is 2.12. The quantitative estimate of drug-likeness (QED) is 0.860. The summed E-state index contributed by atoms with van der Waals surface area (Å²) in [6.07, 6.45) is 0.